The number of aliphatic imine (C=N–C) groups is 1. The number of amidine groups is 1. The summed E-state index contributed by atoms with van der Waals surface area (Å²) < 4.78 is 14.0. The first-order chi connectivity index (χ1) is 8.26. The minimum atomic E-state index is -0.456. The van der Waals surface area contributed by atoms with Gasteiger partial charge in [0.15, 0.2) is 17.2 Å². The number of rotatable bonds is 1. The molecule has 0 amide bonds. The molecule has 86 valence electrons. The normalized spacial score (nSPS) is 11.5. The van der Waals surface area contributed by atoms with Crippen molar-refractivity contribution in [2.45, 2.75) is 0 Å². The first-order valence-electron chi connectivity index (χ1n) is 4.65. The largest absolute Gasteiger partial charge is 0.278 e. The van der Waals surface area contributed by atoms with Crippen LogP contribution in [0, 0.1) is 17.3 Å². The number of hydrogen-bond donors (Lipinski definition) is 2. The van der Waals surface area contributed by atoms with E-state index in [0.717, 1.165) is 0 Å². The molecule has 7 heteroatoms. The zero-order valence-electron chi connectivity index (χ0n) is 8.86. The molecule has 0 radical (unpaired) electrons. The summed E-state index contributed by atoms with van der Waals surface area (Å²) >= 11 is 1.23. The Balaban J connectivity index is 2.48. The minimum absolute atomic E-state index is 0.172. The van der Waals surface area contributed by atoms with Crippen LogP contribution >= 0.6 is 11.8 Å². The molecule has 5 nitrogen and oxygen atoms in total. The number of nitriles is 1. The van der Waals surface area contributed by atoms with E-state index < -0.39 is 5.82 Å². The summed E-state index contributed by atoms with van der Waals surface area (Å²) in [6, 6.07) is 3.22. The Morgan fingerprint density at radius 1 is 1.65 bits per heavy atom. The van der Waals surface area contributed by atoms with Gasteiger partial charge in [-0.05, 0) is 18.4 Å². The molecule has 0 bridgehead atoms. The zero-order chi connectivity index (χ0) is 12.3. The lowest BCUT2D eigenvalue weighted by atomic mass is 10.2. The zero-order valence-corrected chi connectivity index (χ0v) is 9.68. The van der Waals surface area contributed by atoms with Crippen LogP contribution in [0.25, 0.3) is 10.9 Å². The maximum absolute atomic E-state index is 14.0. The third kappa shape index (κ3) is 2.21. The molecule has 17 heavy (non-hydrogen) atoms. The highest BCUT2D eigenvalue weighted by Gasteiger charge is 2.08. The van der Waals surface area contributed by atoms with E-state index in [-0.39, 0.29) is 5.69 Å². The Morgan fingerprint density at radius 2 is 2.47 bits per heavy atom. The number of thioether (sulfide) groups is 1. The predicted octanol–water partition coefficient (Wildman–Crippen LogP) is 2.12. The van der Waals surface area contributed by atoms with Gasteiger partial charge in [-0.1, -0.05) is 11.8 Å². The van der Waals surface area contributed by atoms with E-state index in [9.17, 15) is 4.39 Å². The van der Waals surface area contributed by atoms with Crippen LogP contribution in [0.1, 0.15) is 0 Å². The minimum Gasteiger partial charge on any atom is -0.278 e. The number of nitrogens with one attached hydrogen (secondary N) is 2. The fraction of sp³-hybridized carbons (Fsp3) is 0.100. The number of aromatic amines is 1. The van der Waals surface area contributed by atoms with Gasteiger partial charge in [-0.25, -0.2) is 9.38 Å². The molecular weight excluding hydrogens is 241 g/mol. The summed E-state index contributed by atoms with van der Waals surface area (Å²) in [5.74, 6) is -0.456. The highest BCUT2D eigenvalue weighted by atomic mass is 32.2. The van der Waals surface area contributed by atoms with Gasteiger partial charge in [0, 0.05) is 0 Å². The second-order valence-corrected chi connectivity index (χ2v) is 3.88. The molecule has 0 aliphatic heterocycles. The van der Waals surface area contributed by atoms with Gasteiger partial charge < -0.3 is 0 Å². The van der Waals surface area contributed by atoms with Crippen molar-refractivity contribution in [2.75, 3.05) is 6.26 Å². The molecule has 1 heterocycles. The van der Waals surface area contributed by atoms with Crippen molar-refractivity contribution in [3.05, 3.63) is 24.1 Å². The second kappa shape index (κ2) is 4.84. The van der Waals surface area contributed by atoms with Crippen molar-refractivity contribution < 1.29 is 4.39 Å². The van der Waals surface area contributed by atoms with Crippen LogP contribution in [0.2, 0.25) is 0 Å². The van der Waals surface area contributed by atoms with Crippen LogP contribution in [0.4, 0.5) is 10.1 Å². The van der Waals surface area contributed by atoms with E-state index in [1.54, 1.807) is 18.5 Å². The SMILES string of the molecule is CSC(=Nc1ccc2[nH]ncc2c1F)NC#N. The Kier molecular flexibility index (Phi) is 3.25. The average molecular weight is 249 g/mol. The smallest absolute Gasteiger partial charge is 0.183 e. The predicted molar refractivity (Wildman–Crippen MR) is 65.4 cm³/mol. The maximum Gasteiger partial charge on any atom is 0.183 e. The first-order valence-corrected chi connectivity index (χ1v) is 5.88. The number of fused-ring (bicyclic) bond motifs is 1. The molecule has 0 saturated carbocycles. The van der Waals surface area contributed by atoms with Crippen molar-refractivity contribution in [1.29, 1.82) is 5.26 Å². The summed E-state index contributed by atoms with van der Waals surface area (Å²) in [6.07, 6.45) is 4.90. The summed E-state index contributed by atoms with van der Waals surface area (Å²) in [5, 5.41) is 18.0. The molecule has 0 fully saturated rings. The third-order valence-corrected chi connectivity index (χ3v) is 2.70. The van der Waals surface area contributed by atoms with Gasteiger partial charge in [-0.15, -0.1) is 0 Å². The lowest BCUT2D eigenvalue weighted by Crippen LogP contribution is -2.12. The number of halogens is 1. The fourth-order valence-electron chi connectivity index (χ4n) is 1.34. The second-order valence-electron chi connectivity index (χ2n) is 3.09. The fourth-order valence-corrected chi connectivity index (χ4v) is 1.68. The van der Waals surface area contributed by atoms with Gasteiger partial charge >= 0.3 is 0 Å². The van der Waals surface area contributed by atoms with Gasteiger partial charge in [-0.2, -0.15) is 10.4 Å². The van der Waals surface area contributed by atoms with Crippen LogP contribution in [0.5, 0.6) is 0 Å². The van der Waals surface area contributed by atoms with Crippen molar-refractivity contribution >= 4 is 33.5 Å². The Labute approximate surface area is 101 Å². The Morgan fingerprint density at radius 3 is 3.18 bits per heavy atom. The summed E-state index contributed by atoms with van der Waals surface area (Å²) in [6.45, 7) is 0. The monoisotopic (exact) mass is 249 g/mol. The molecule has 0 atom stereocenters. The van der Waals surface area contributed by atoms with Crippen LogP contribution in [0.15, 0.2) is 23.3 Å². The molecule has 0 spiro atoms. The molecule has 0 saturated heterocycles. The highest BCUT2D eigenvalue weighted by Crippen LogP contribution is 2.25. The molecule has 2 rings (SSSR count). The Bertz CT molecular complexity index is 613. The summed E-state index contributed by atoms with van der Waals surface area (Å²) in [7, 11) is 0. The van der Waals surface area contributed by atoms with Crippen molar-refractivity contribution in [3.8, 4) is 6.19 Å². The lowest BCUT2D eigenvalue weighted by Gasteiger charge is -2.01. The van der Waals surface area contributed by atoms with E-state index in [1.165, 1.54) is 24.0 Å². The van der Waals surface area contributed by atoms with E-state index in [2.05, 4.69) is 20.5 Å². The molecule has 0 unspecified atom stereocenters. The van der Waals surface area contributed by atoms with Crippen LogP contribution in [0.3, 0.4) is 0 Å². The van der Waals surface area contributed by atoms with E-state index in [4.69, 9.17) is 5.26 Å². The Hall–Kier alpha value is -2.07. The summed E-state index contributed by atoms with van der Waals surface area (Å²) in [5.41, 5.74) is 0.784. The highest BCUT2D eigenvalue weighted by molar-refractivity contribution is 8.13. The number of benzene rings is 1. The van der Waals surface area contributed by atoms with Crippen LogP contribution < -0.4 is 5.32 Å². The van der Waals surface area contributed by atoms with E-state index in [0.29, 0.717) is 16.1 Å². The molecule has 2 aromatic rings. The number of aromatic nitrogens is 2. The van der Waals surface area contributed by atoms with Crippen molar-refractivity contribution in [3.63, 3.8) is 0 Å². The van der Waals surface area contributed by atoms with E-state index >= 15 is 0 Å². The maximum atomic E-state index is 14.0. The standard InChI is InChI=1S/C10H8FN5S/c1-17-10(13-5-12)15-8-3-2-7-6(9(8)11)4-14-16-7/h2-4H,1H3,(H,13,15)(H,14,16). The molecule has 1 aromatic heterocycles. The molecule has 0 aliphatic rings. The van der Waals surface area contributed by atoms with Crippen molar-refractivity contribution in [2.24, 2.45) is 4.99 Å². The summed E-state index contributed by atoms with van der Waals surface area (Å²) in [4.78, 5) is 4.03. The molecule has 1 aromatic carbocycles. The molecule has 0 aliphatic carbocycles. The molecule has 2 N–H and O–H groups in total. The van der Waals surface area contributed by atoms with E-state index in [1.807, 2.05) is 0 Å². The van der Waals surface area contributed by atoms with Crippen LogP contribution in [-0.2, 0) is 0 Å². The van der Waals surface area contributed by atoms with Gasteiger partial charge in [-0.3, -0.25) is 10.4 Å². The first kappa shape index (κ1) is 11.4. The van der Waals surface area contributed by atoms with Gasteiger partial charge in [0.2, 0.25) is 0 Å². The van der Waals surface area contributed by atoms with Crippen LogP contribution in [-0.4, -0.2) is 21.6 Å². The number of H-pyrrole nitrogens is 1. The van der Waals surface area contributed by atoms with Crippen molar-refractivity contribution in [1.82, 2.24) is 15.5 Å². The number of nitrogens with zero attached hydrogens (tertiary/aromatic N) is 3. The topological polar surface area (TPSA) is 76.9 Å². The lowest BCUT2D eigenvalue weighted by molar-refractivity contribution is 0.642. The number of hydrogen-bond acceptors (Lipinski definition) is 4. The van der Waals surface area contributed by atoms with Gasteiger partial charge in [0.25, 0.3) is 0 Å². The average Bonchev–Trinajstić information content (AvgIpc) is 2.80. The quantitative estimate of drug-likeness (QED) is 0.351. The van der Waals surface area contributed by atoms with Gasteiger partial charge in [0.1, 0.15) is 5.69 Å². The molecular formula is C10H8FN5S. The van der Waals surface area contributed by atoms with Gasteiger partial charge in [0.05, 0.1) is 17.1 Å². The third-order valence-electron chi connectivity index (χ3n) is 2.12.